The number of carbonyl (C=O) groups excluding carboxylic acids is 2. The fourth-order valence-corrected chi connectivity index (χ4v) is 3.32. The third kappa shape index (κ3) is 4.77. The lowest BCUT2D eigenvalue weighted by Gasteiger charge is -2.12. The van der Waals surface area contributed by atoms with Gasteiger partial charge in [-0.25, -0.2) is 4.79 Å². The number of hydrogen-bond acceptors (Lipinski definition) is 3. The summed E-state index contributed by atoms with van der Waals surface area (Å²) in [6.45, 7) is 0.462. The molecule has 0 spiro atoms. The van der Waals surface area contributed by atoms with E-state index in [1.807, 2.05) is 24.3 Å². The van der Waals surface area contributed by atoms with Gasteiger partial charge >= 0.3 is 12.4 Å². The van der Waals surface area contributed by atoms with E-state index in [9.17, 15) is 22.8 Å². The minimum absolute atomic E-state index is 0.100. The Balaban J connectivity index is 1.43. The maximum atomic E-state index is 12.3. The van der Waals surface area contributed by atoms with Crippen molar-refractivity contribution in [1.82, 2.24) is 5.32 Å². The van der Waals surface area contributed by atoms with Gasteiger partial charge in [0.2, 0.25) is 0 Å². The number of alkyl halides is 3. The highest BCUT2D eigenvalue weighted by Crippen LogP contribution is 2.30. The van der Waals surface area contributed by atoms with E-state index in [0.717, 1.165) is 28.8 Å². The maximum absolute atomic E-state index is 12.3. The van der Waals surface area contributed by atoms with Crippen molar-refractivity contribution in [2.45, 2.75) is 12.9 Å². The quantitative estimate of drug-likeness (QED) is 0.540. The van der Waals surface area contributed by atoms with Gasteiger partial charge in [-0.15, -0.1) is 13.2 Å². The van der Waals surface area contributed by atoms with Crippen LogP contribution in [0.1, 0.15) is 15.9 Å². The fraction of sp³-hybridized carbons (Fsp3) is 0.0909. The number of anilines is 2. The zero-order valence-electron chi connectivity index (χ0n) is 15.9. The smallest absolute Gasteiger partial charge is 0.406 e. The second-order valence-electron chi connectivity index (χ2n) is 6.75. The highest BCUT2D eigenvalue weighted by Gasteiger charge is 2.31. The van der Waals surface area contributed by atoms with Crippen molar-refractivity contribution >= 4 is 23.3 Å². The monoisotopic (exact) mass is 427 g/mol. The molecule has 0 saturated carbocycles. The van der Waals surface area contributed by atoms with E-state index in [-0.39, 0.29) is 11.6 Å². The van der Waals surface area contributed by atoms with E-state index in [2.05, 4.69) is 20.7 Å². The summed E-state index contributed by atoms with van der Waals surface area (Å²) < 4.78 is 40.8. The number of halogens is 3. The van der Waals surface area contributed by atoms with Crippen LogP contribution in [0.15, 0.2) is 66.7 Å². The first-order valence-corrected chi connectivity index (χ1v) is 9.23. The Hall–Kier alpha value is -4.01. The van der Waals surface area contributed by atoms with Gasteiger partial charge in [-0.2, -0.15) is 0 Å². The summed E-state index contributed by atoms with van der Waals surface area (Å²) in [5.74, 6) is -0.533. The van der Waals surface area contributed by atoms with Crippen molar-refractivity contribution in [1.29, 1.82) is 0 Å². The molecule has 31 heavy (non-hydrogen) atoms. The van der Waals surface area contributed by atoms with Crippen molar-refractivity contribution < 1.29 is 27.5 Å². The lowest BCUT2D eigenvalue weighted by molar-refractivity contribution is -0.274. The number of amides is 3. The molecule has 158 valence electrons. The van der Waals surface area contributed by atoms with Gasteiger partial charge in [0.15, 0.2) is 0 Å². The summed E-state index contributed by atoms with van der Waals surface area (Å²) in [6.07, 6.45) is -4.81. The molecule has 0 aromatic heterocycles. The van der Waals surface area contributed by atoms with E-state index in [1.165, 1.54) is 12.1 Å². The standard InChI is InChI=1S/C22H16F3N3O3/c23-22(24,25)31-16-4-1-3-15(11-16)28-21(30)27-14-9-7-13(8-10-14)17-5-2-6-18-19(17)12-26-20(18)29/h1-11H,12H2,(H,26,29)(H2,27,28,30). The first-order chi connectivity index (χ1) is 14.8. The topological polar surface area (TPSA) is 79.5 Å². The van der Waals surface area contributed by atoms with Gasteiger partial charge in [0.05, 0.1) is 0 Å². The molecular weight excluding hydrogens is 411 g/mol. The highest BCUT2D eigenvalue weighted by atomic mass is 19.4. The average molecular weight is 427 g/mol. The second kappa shape index (κ2) is 8.02. The number of fused-ring (bicyclic) bond motifs is 1. The molecule has 3 aromatic carbocycles. The summed E-state index contributed by atoms with van der Waals surface area (Å²) >= 11 is 0. The van der Waals surface area contributed by atoms with Gasteiger partial charge in [-0.05, 0) is 47.0 Å². The van der Waals surface area contributed by atoms with Gasteiger partial charge in [0.1, 0.15) is 5.75 Å². The summed E-state index contributed by atoms with van der Waals surface area (Å²) in [5, 5.41) is 7.87. The Bertz CT molecular complexity index is 1140. The van der Waals surface area contributed by atoms with Crippen LogP contribution in [0.25, 0.3) is 11.1 Å². The fourth-order valence-electron chi connectivity index (χ4n) is 3.32. The van der Waals surface area contributed by atoms with Gasteiger partial charge in [-0.1, -0.05) is 30.3 Å². The lowest BCUT2D eigenvalue weighted by atomic mass is 9.97. The predicted octanol–water partition coefficient (Wildman–Crippen LogP) is 5.14. The van der Waals surface area contributed by atoms with E-state index in [1.54, 1.807) is 18.2 Å². The van der Waals surface area contributed by atoms with Gasteiger partial charge in [0, 0.05) is 29.5 Å². The number of nitrogens with one attached hydrogen (secondary N) is 3. The molecule has 9 heteroatoms. The number of carbonyl (C=O) groups is 2. The number of rotatable bonds is 4. The van der Waals surface area contributed by atoms with Gasteiger partial charge in [-0.3, -0.25) is 4.79 Å². The van der Waals surface area contributed by atoms with Crippen LogP contribution in [-0.4, -0.2) is 18.3 Å². The lowest BCUT2D eigenvalue weighted by Crippen LogP contribution is -2.20. The normalized spacial score (nSPS) is 12.7. The van der Waals surface area contributed by atoms with Crippen LogP contribution >= 0.6 is 0 Å². The molecule has 1 heterocycles. The van der Waals surface area contributed by atoms with Crippen molar-refractivity contribution in [3.05, 3.63) is 77.9 Å². The number of hydrogen-bond donors (Lipinski definition) is 3. The molecule has 0 bridgehead atoms. The number of ether oxygens (including phenoxy) is 1. The molecule has 3 amide bonds. The molecule has 0 atom stereocenters. The summed E-state index contributed by atoms with van der Waals surface area (Å²) in [6, 6.07) is 16.9. The maximum Gasteiger partial charge on any atom is 0.573 e. The highest BCUT2D eigenvalue weighted by molar-refractivity contribution is 6.01. The largest absolute Gasteiger partial charge is 0.573 e. The molecule has 0 saturated heterocycles. The van der Waals surface area contributed by atoms with Crippen molar-refractivity contribution in [3.63, 3.8) is 0 Å². The minimum atomic E-state index is -4.81. The van der Waals surface area contributed by atoms with Crippen molar-refractivity contribution in [2.75, 3.05) is 10.6 Å². The Morgan fingerprint density at radius 2 is 1.58 bits per heavy atom. The molecule has 0 radical (unpaired) electrons. The molecule has 6 nitrogen and oxygen atoms in total. The first-order valence-electron chi connectivity index (χ1n) is 9.23. The minimum Gasteiger partial charge on any atom is -0.406 e. The molecular formula is C22H16F3N3O3. The van der Waals surface area contributed by atoms with Crippen LogP contribution in [0.3, 0.4) is 0 Å². The molecule has 0 fully saturated rings. The Morgan fingerprint density at radius 3 is 2.32 bits per heavy atom. The van der Waals surface area contributed by atoms with Crippen LogP contribution in [0.5, 0.6) is 5.75 Å². The van der Waals surface area contributed by atoms with E-state index in [0.29, 0.717) is 17.8 Å². The van der Waals surface area contributed by atoms with Crippen LogP contribution in [0, 0.1) is 0 Å². The molecule has 0 unspecified atom stereocenters. The summed E-state index contributed by atoms with van der Waals surface area (Å²) in [5.41, 5.74) is 4.02. The van der Waals surface area contributed by atoms with E-state index >= 15 is 0 Å². The molecule has 1 aliphatic rings. The Labute approximate surface area is 175 Å². The number of urea groups is 1. The van der Waals surface area contributed by atoms with Crippen LogP contribution in [0.4, 0.5) is 29.3 Å². The molecule has 1 aliphatic heterocycles. The van der Waals surface area contributed by atoms with Gasteiger partial charge in [0.25, 0.3) is 5.91 Å². The zero-order valence-corrected chi connectivity index (χ0v) is 15.9. The zero-order chi connectivity index (χ0) is 22.0. The second-order valence-corrected chi connectivity index (χ2v) is 6.75. The van der Waals surface area contributed by atoms with Crippen molar-refractivity contribution in [3.8, 4) is 16.9 Å². The van der Waals surface area contributed by atoms with E-state index in [4.69, 9.17) is 0 Å². The molecule has 3 N–H and O–H groups in total. The average Bonchev–Trinajstić information content (AvgIpc) is 3.09. The van der Waals surface area contributed by atoms with E-state index < -0.39 is 18.1 Å². The third-order valence-electron chi connectivity index (χ3n) is 4.63. The predicted molar refractivity (Wildman–Crippen MR) is 109 cm³/mol. The Morgan fingerprint density at radius 1 is 0.903 bits per heavy atom. The summed E-state index contributed by atoms with van der Waals surface area (Å²) in [4.78, 5) is 24.0. The Kier molecular flexibility index (Phi) is 5.24. The van der Waals surface area contributed by atoms with Crippen LogP contribution < -0.4 is 20.7 Å². The molecule has 0 aliphatic carbocycles. The first kappa shape index (κ1) is 20.3. The molecule has 3 aromatic rings. The SMILES string of the molecule is O=C(Nc1ccc(-c2cccc3c2CNC3=O)cc1)Nc1cccc(OC(F)(F)F)c1. The van der Waals surface area contributed by atoms with Gasteiger partial charge < -0.3 is 20.7 Å². The number of benzene rings is 3. The van der Waals surface area contributed by atoms with Crippen LogP contribution in [0.2, 0.25) is 0 Å². The summed E-state index contributed by atoms with van der Waals surface area (Å²) in [7, 11) is 0. The van der Waals surface area contributed by atoms with Crippen molar-refractivity contribution in [2.24, 2.45) is 0 Å². The molecule has 4 rings (SSSR count). The van der Waals surface area contributed by atoms with Crippen LogP contribution in [-0.2, 0) is 6.54 Å². The third-order valence-corrected chi connectivity index (χ3v) is 4.63.